The molecule has 0 radical (unpaired) electrons. The van der Waals surface area contributed by atoms with Gasteiger partial charge >= 0.3 is 0 Å². The van der Waals surface area contributed by atoms with Gasteiger partial charge in [-0.3, -0.25) is 0 Å². The van der Waals surface area contributed by atoms with Crippen LogP contribution in [0.2, 0.25) is 0 Å². The van der Waals surface area contributed by atoms with Crippen LogP contribution in [0.3, 0.4) is 0 Å². The second-order valence-electron chi connectivity index (χ2n) is 5.49. The molecule has 1 nitrogen and oxygen atoms in total. The Hall–Kier alpha value is 0.01000. The number of rotatable bonds is 6. The highest BCUT2D eigenvalue weighted by Gasteiger charge is 2.25. The van der Waals surface area contributed by atoms with Gasteiger partial charge < -0.3 is 5.32 Å². The van der Waals surface area contributed by atoms with Gasteiger partial charge in [-0.1, -0.05) is 35.0 Å². The first-order valence-electron chi connectivity index (χ1n) is 7.29. The molecule has 106 valence electrons. The van der Waals surface area contributed by atoms with E-state index in [0.29, 0.717) is 6.04 Å². The van der Waals surface area contributed by atoms with Crippen molar-refractivity contribution in [2.24, 2.45) is 0 Å². The molecule has 1 N–H and O–H groups in total. The Morgan fingerprint density at radius 3 is 2.74 bits per heavy atom. The first-order valence-corrected chi connectivity index (χ1v) is 9.13. The van der Waals surface area contributed by atoms with Crippen molar-refractivity contribution in [2.45, 2.75) is 56.9 Å². The van der Waals surface area contributed by atoms with Crippen molar-refractivity contribution in [3.05, 3.63) is 34.3 Å². The Bertz CT molecular complexity index is 379. The van der Waals surface area contributed by atoms with Crippen LogP contribution in [0.5, 0.6) is 0 Å². The third-order valence-electron chi connectivity index (χ3n) is 3.76. The number of hydrogen-bond acceptors (Lipinski definition) is 2. The maximum absolute atomic E-state index is 3.81. The van der Waals surface area contributed by atoms with Gasteiger partial charge in [0.05, 0.1) is 0 Å². The maximum Gasteiger partial charge on any atom is 0.0175 e. The van der Waals surface area contributed by atoms with Gasteiger partial charge in [0.2, 0.25) is 0 Å². The van der Waals surface area contributed by atoms with Crippen molar-refractivity contribution in [1.82, 2.24) is 5.32 Å². The highest BCUT2D eigenvalue weighted by molar-refractivity contribution is 9.10. The Kier molecular flexibility index (Phi) is 6.24. The van der Waals surface area contributed by atoms with Crippen LogP contribution in [-0.4, -0.2) is 23.1 Å². The molecule has 1 saturated carbocycles. The summed E-state index contributed by atoms with van der Waals surface area (Å²) >= 11 is 5.62. The molecule has 0 heterocycles. The summed E-state index contributed by atoms with van der Waals surface area (Å²) in [6.45, 7) is 4.57. The number of nitrogens with one attached hydrogen (secondary N) is 1. The van der Waals surface area contributed by atoms with Gasteiger partial charge in [0.1, 0.15) is 0 Å². The molecule has 3 atom stereocenters. The molecule has 3 heteroatoms. The van der Waals surface area contributed by atoms with E-state index >= 15 is 0 Å². The van der Waals surface area contributed by atoms with Crippen molar-refractivity contribution in [3.63, 3.8) is 0 Å². The molecule has 0 spiro atoms. The van der Waals surface area contributed by atoms with Crippen LogP contribution in [-0.2, 0) is 6.42 Å². The monoisotopic (exact) mass is 341 g/mol. The third-order valence-corrected chi connectivity index (χ3v) is 5.52. The zero-order valence-corrected chi connectivity index (χ0v) is 14.3. The summed E-state index contributed by atoms with van der Waals surface area (Å²) in [4.78, 5) is 0. The van der Waals surface area contributed by atoms with Crippen LogP contribution in [0.1, 0.15) is 38.7 Å². The zero-order valence-electron chi connectivity index (χ0n) is 11.9. The molecular formula is C16H24BrNS. The Labute approximate surface area is 130 Å². The lowest BCUT2D eigenvalue weighted by atomic mass is 10.1. The highest BCUT2D eigenvalue weighted by atomic mass is 79.9. The third kappa shape index (κ3) is 5.13. The molecule has 1 aromatic carbocycles. The zero-order chi connectivity index (χ0) is 13.7. The molecule has 19 heavy (non-hydrogen) atoms. The molecule has 0 amide bonds. The first-order chi connectivity index (χ1) is 9.17. The van der Waals surface area contributed by atoms with Crippen LogP contribution in [0.25, 0.3) is 0 Å². The minimum absolute atomic E-state index is 0.566. The van der Waals surface area contributed by atoms with Gasteiger partial charge in [-0.25, -0.2) is 0 Å². The molecule has 0 aromatic heterocycles. The Morgan fingerprint density at radius 2 is 2.05 bits per heavy atom. The quantitative estimate of drug-likeness (QED) is 0.808. The van der Waals surface area contributed by atoms with E-state index in [4.69, 9.17) is 0 Å². The van der Waals surface area contributed by atoms with Crippen LogP contribution in [0.15, 0.2) is 28.7 Å². The SMILES string of the molecule is CCSC1CCC(NC(C)Cc2ccc(Br)cc2)C1. The molecule has 0 saturated heterocycles. The number of benzene rings is 1. The van der Waals surface area contributed by atoms with Gasteiger partial charge in [-0.15, -0.1) is 0 Å². The fraction of sp³-hybridized carbons (Fsp3) is 0.625. The average molecular weight is 342 g/mol. The Morgan fingerprint density at radius 1 is 1.32 bits per heavy atom. The summed E-state index contributed by atoms with van der Waals surface area (Å²) in [5, 5.41) is 4.70. The topological polar surface area (TPSA) is 12.0 Å². The second kappa shape index (κ2) is 7.70. The van der Waals surface area contributed by atoms with E-state index in [-0.39, 0.29) is 0 Å². The summed E-state index contributed by atoms with van der Waals surface area (Å²) in [5.41, 5.74) is 1.42. The van der Waals surface area contributed by atoms with E-state index in [1.54, 1.807) is 0 Å². The predicted molar refractivity (Wildman–Crippen MR) is 90.0 cm³/mol. The van der Waals surface area contributed by atoms with Crippen molar-refractivity contribution >= 4 is 27.7 Å². The molecule has 1 fully saturated rings. The van der Waals surface area contributed by atoms with Gasteiger partial charge in [-0.2, -0.15) is 11.8 Å². The van der Waals surface area contributed by atoms with Gasteiger partial charge in [0.25, 0.3) is 0 Å². The summed E-state index contributed by atoms with van der Waals surface area (Å²) in [6, 6.07) is 9.99. The summed E-state index contributed by atoms with van der Waals surface area (Å²) in [6.07, 6.45) is 5.21. The second-order valence-corrected chi connectivity index (χ2v) is 7.98. The van der Waals surface area contributed by atoms with Crippen molar-refractivity contribution in [3.8, 4) is 0 Å². The largest absolute Gasteiger partial charge is 0.311 e. The summed E-state index contributed by atoms with van der Waals surface area (Å²) in [7, 11) is 0. The normalized spacial score (nSPS) is 24.6. The van der Waals surface area contributed by atoms with E-state index in [2.05, 4.69) is 71.1 Å². The van der Waals surface area contributed by atoms with Crippen LogP contribution in [0.4, 0.5) is 0 Å². The minimum atomic E-state index is 0.566. The van der Waals surface area contributed by atoms with Crippen LogP contribution in [0, 0.1) is 0 Å². The van der Waals surface area contributed by atoms with Gasteiger partial charge in [0, 0.05) is 21.8 Å². The highest BCUT2D eigenvalue weighted by Crippen LogP contribution is 2.30. The average Bonchev–Trinajstić information content (AvgIpc) is 2.80. The van der Waals surface area contributed by atoms with Crippen LogP contribution < -0.4 is 5.32 Å². The van der Waals surface area contributed by atoms with Crippen LogP contribution >= 0.6 is 27.7 Å². The molecule has 1 aliphatic carbocycles. The van der Waals surface area contributed by atoms with Gasteiger partial charge in [-0.05, 0) is 56.1 Å². The molecule has 0 aliphatic heterocycles. The minimum Gasteiger partial charge on any atom is -0.311 e. The van der Waals surface area contributed by atoms with E-state index in [1.807, 2.05) is 0 Å². The smallest absolute Gasteiger partial charge is 0.0175 e. The Balaban J connectivity index is 1.75. The van der Waals surface area contributed by atoms with Crippen molar-refractivity contribution < 1.29 is 0 Å². The standard InChI is InChI=1S/C16H24BrNS/c1-3-19-16-9-8-15(11-16)18-12(2)10-13-4-6-14(17)7-5-13/h4-7,12,15-16,18H,3,8-11H2,1-2H3. The number of halogens is 1. The molecule has 2 rings (SSSR count). The molecule has 1 aliphatic rings. The van der Waals surface area contributed by atoms with E-state index < -0.39 is 0 Å². The molecular weight excluding hydrogens is 318 g/mol. The lowest BCUT2D eigenvalue weighted by Gasteiger charge is -2.19. The maximum atomic E-state index is 3.81. The fourth-order valence-electron chi connectivity index (χ4n) is 2.91. The first kappa shape index (κ1) is 15.4. The fourth-order valence-corrected chi connectivity index (χ4v) is 4.32. The number of thioether (sulfide) groups is 1. The van der Waals surface area contributed by atoms with E-state index in [1.165, 1.54) is 30.6 Å². The van der Waals surface area contributed by atoms with E-state index in [9.17, 15) is 0 Å². The summed E-state index contributed by atoms with van der Waals surface area (Å²) in [5.74, 6) is 1.26. The molecule has 0 bridgehead atoms. The molecule has 3 unspecified atom stereocenters. The lowest BCUT2D eigenvalue weighted by molar-refractivity contribution is 0.449. The summed E-state index contributed by atoms with van der Waals surface area (Å²) < 4.78 is 1.16. The molecule has 1 aromatic rings. The van der Waals surface area contributed by atoms with E-state index in [0.717, 1.165) is 22.2 Å². The number of hydrogen-bond donors (Lipinski definition) is 1. The van der Waals surface area contributed by atoms with Gasteiger partial charge in [0.15, 0.2) is 0 Å². The van der Waals surface area contributed by atoms with Crippen molar-refractivity contribution in [1.29, 1.82) is 0 Å². The van der Waals surface area contributed by atoms with Crippen molar-refractivity contribution in [2.75, 3.05) is 5.75 Å². The predicted octanol–water partition coefficient (Wildman–Crippen LogP) is 4.64. The lowest BCUT2D eigenvalue weighted by Crippen LogP contribution is -2.36.